The summed E-state index contributed by atoms with van der Waals surface area (Å²) < 4.78 is 5.97. The second kappa shape index (κ2) is 4.09. The summed E-state index contributed by atoms with van der Waals surface area (Å²) in [6, 6.07) is 8.07. The first-order valence-electron chi connectivity index (χ1n) is 5.83. The monoisotopic (exact) mass is 226 g/mol. The van der Waals surface area contributed by atoms with Gasteiger partial charge >= 0.3 is 0 Å². The highest BCUT2D eigenvalue weighted by atomic mass is 16.5. The fourth-order valence-corrected chi connectivity index (χ4v) is 2.37. The molecule has 0 spiro atoms. The molecule has 1 aliphatic heterocycles. The van der Waals surface area contributed by atoms with Crippen molar-refractivity contribution in [3.63, 3.8) is 0 Å². The topological polar surface area (TPSA) is 47.6 Å². The Morgan fingerprint density at radius 1 is 1.24 bits per heavy atom. The minimum Gasteiger partial charge on any atom is -0.456 e. The molecule has 1 aliphatic carbocycles. The summed E-state index contributed by atoms with van der Waals surface area (Å²) in [6.07, 6.45) is 7.08. The average molecular weight is 226 g/mol. The minimum atomic E-state index is 0.913. The molecule has 3 rings (SSSR count). The number of hydrogen-bond acceptors (Lipinski definition) is 3. The Kier molecular flexibility index (Phi) is 2.44. The van der Waals surface area contributed by atoms with Crippen molar-refractivity contribution in [3.05, 3.63) is 46.7 Å². The van der Waals surface area contributed by atoms with Crippen LogP contribution in [0.1, 0.15) is 24.8 Å². The zero-order chi connectivity index (χ0) is 11.7. The van der Waals surface area contributed by atoms with Gasteiger partial charge in [0, 0.05) is 11.1 Å². The fourth-order valence-electron chi connectivity index (χ4n) is 2.37. The first-order valence-corrected chi connectivity index (χ1v) is 5.83. The number of nitrogens with zero attached hydrogens (tertiary/aromatic N) is 1. The number of nitrogens with two attached hydrogens (primary N) is 1. The van der Waals surface area contributed by atoms with Gasteiger partial charge in [0.1, 0.15) is 11.5 Å². The summed E-state index contributed by atoms with van der Waals surface area (Å²) >= 11 is 0. The zero-order valence-corrected chi connectivity index (χ0v) is 9.52. The Labute approximate surface area is 100 Å². The number of para-hydroxylation sites is 1. The maximum Gasteiger partial charge on any atom is 0.135 e. The molecular weight excluding hydrogens is 212 g/mol. The number of hydrazone groups is 1. The van der Waals surface area contributed by atoms with Crippen molar-refractivity contribution in [2.75, 3.05) is 0 Å². The molecule has 0 radical (unpaired) electrons. The molecule has 1 aromatic rings. The van der Waals surface area contributed by atoms with Crippen LogP contribution in [0.3, 0.4) is 0 Å². The molecule has 0 saturated carbocycles. The molecule has 3 nitrogen and oxygen atoms in total. The summed E-state index contributed by atoms with van der Waals surface area (Å²) in [5.74, 6) is 7.10. The van der Waals surface area contributed by atoms with Crippen molar-refractivity contribution < 1.29 is 4.74 Å². The molecule has 2 aliphatic rings. The molecule has 0 amide bonds. The lowest BCUT2D eigenvalue weighted by molar-refractivity contribution is 0.412. The van der Waals surface area contributed by atoms with Crippen LogP contribution in [-0.4, -0.2) is 6.21 Å². The lowest BCUT2D eigenvalue weighted by Gasteiger charge is -2.25. The third-order valence-electron chi connectivity index (χ3n) is 3.17. The van der Waals surface area contributed by atoms with Gasteiger partial charge in [-0.3, -0.25) is 0 Å². The Balaban J connectivity index is 2.12. The summed E-state index contributed by atoms with van der Waals surface area (Å²) in [7, 11) is 0. The van der Waals surface area contributed by atoms with E-state index in [-0.39, 0.29) is 0 Å². The molecule has 2 N–H and O–H groups in total. The highest BCUT2D eigenvalue weighted by molar-refractivity contribution is 5.83. The number of rotatable bonds is 1. The van der Waals surface area contributed by atoms with Crippen molar-refractivity contribution >= 4 is 12.3 Å². The minimum absolute atomic E-state index is 0.913. The molecule has 86 valence electrons. The van der Waals surface area contributed by atoms with Crippen molar-refractivity contribution in [2.45, 2.75) is 19.3 Å². The molecule has 0 saturated heterocycles. The van der Waals surface area contributed by atoms with Crippen molar-refractivity contribution in [2.24, 2.45) is 10.9 Å². The van der Waals surface area contributed by atoms with Crippen LogP contribution in [0.15, 0.2) is 46.3 Å². The molecule has 1 aromatic carbocycles. The summed E-state index contributed by atoms with van der Waals surface area (Å²) in [5, 5.41) is 3.62. The maximum atomic E-state index is 5.97. The third kappa shape index (κ3) is 1.73. The molecular formula is C14H14N2O. The second-order valence-electron chi connectivity index (χ2n) is 4.30. The van der Waals surface area contributed by atoms with Crippen LogP contribution in [0.4, 0.5) is 0 Å². The first-order chi connectivity index (χ1) is 8.38. The van der Waals surface area contributed by atoms with Gasteiger partial charge in [0.25, 0.3) is 0 Å². The Morgan fingerprint density at radius 3 is 3.00 bits per heavy atom. The third-order valence-corrected chi connectivity index (χ3v) is 3.17. The highest BCUT2D eigenvalue weighted by Crippen LogP contribution is 2.38. The summed E-state index contributed by atoms with van der Waals surface area (Å²) in [4.78, 5) is 0. The fraction of sp³-hybridized carbons (Fsp3) is 0.214. The molecule has 17 heavy (non-hydrogen) atoms. The normalized spacial score (nSPS) is 18.5. The maximum absolute atomic E-state index is 5.97. The standard InChI is InChI=1S/C14H14N2O/c15-16-9-12-6-3-5-11-8-10-4-1-2-7-13(10)17-14(11)12/h1-2,4,7-9H,3,5-6,15H2/b16-9+. The van der Waals surface area contributed by atoms with Gasteiger partial charge < -0.3 is 10.6 Å². The van der Waals surface area contributed by atoms with E-state index in [2.05, 4.69) is 17.2 Å². The molecule has 0 bridgehead atoms. The van der Waals surface area contributed by atoms with Gasteiger partial charge in [0.15, 0.2) is 0 Å². The van der Waals surface area contributed by atoms with E-state index in [0.717, 1.165) is 41.9 Å². The quantitative estimate of drug-likeness (QED) is 0.454. The largest absolute Gasteiger partial charge is 0.456 e. The van der Waals surface area contributed by atoms with Crippen LogP contribution in [-0.2, 0) is 0 Å². The van der Waals surface area contributed by atoms with Crippen LogP contribution in [0.25, 0.3) is 6.08 Å². The molecule has 0 aromatic heterocycles. The molecule has 0 atom stereocenters. The van der Waals surface area contributed by atoms with E-state index in [1.807, 2.05) is 18.2 Å². The van der Waals surface area contributed by atoms with Crippen LogP contribution >= 0.6 is 0 Å². The molecule has 1 heterocycles. The van der Waals surface area contributed by atoms with Gasteiger partial charge in [-0.2, -0.15) is 5.10 Å². The van der Waals surface area contributed by atoms with Crippen molar-refractivity contribution in [1.82, 2.24) is 0 Å². The summed E-state index contributed by atoms with van der Waals surface area (Å²) in [6.45, 7) is 0. The zero-order valence-electron chi connectivity index (χ0n) is 9.52. The number of ether oxygens (including phenoxy) is 1. The first kappa shape index (κ1) is 10.1. The Morgan fingerprint density at radius 2 is 2.12 bits per heavy atom. The van der Waals surface area contributed by atoms with Gasteiger partial charge in [0.05, 0.1) is 6.21 Å². The predicted octanol–water partition coefficient (Wildman–Crippen LogP) is 2.84. The van der Waals surface area contributed by atoms with Crippen LogP contribution < -0.4 is 10.6 Å². The van der Waals surface area contributed by atoms with Crippen LogP contribution in [0.5, 0.6) is 5.75 Å². The summed E-state index contributed by atoms with van der Waals surface area (Å²) in [5.41, 5.74) is 3.50. The Bertz CT molecular complexity index is 541. The average Bonchev–Trinajstić information content (AvgIpc) is 2.37. The molecule has 3 heteroatoms. The number of allylic oxidation sites excluding steroid dienone is 2. The predicted molar refractivity (Wildman–Crippen MR) is 68.6 cm³/mol. The van der Waals surface area contributed by atoms with E-state index in [0.29, 0.717) is 0 Å². The number of fused-ring (bicyclic) bond motifs is 2. The van der Waals surface area contributed by atoms with Gasteiger partial charge in [-0.05, 0) is 37.0 Å². The SMILES string of the molecule is N/N=C/C1=C2Oc3ccccc3C=C2CCC1. The lowest BCUT2D eigenvalue weighted by atomic mass is 9.90. The molecule has 0 fully saturated rings. The van der Waals surface area contributed by atoms with Gasteiger partial charge in [0.2, 0.25) is 0 Å². The van der Waals surface area contributed by atoms with E-state index in [1.165, 1.54) is 5.57 Å². The van der Waals surface area contributed by atoms with E-state index in [4.69, 9.17) is 10.6 Å². The van der Waals surface area contributed by atoms with Gasteiger partial charge in [-0.1, -0.05) is 18.2 Å². The smallest absolute Gasteiger partial charge is 0.135 e. The second-order valence-corrected chi connectivity index (χ2v) is 4.30. The highest BCUT2D eigenvalue weighted by Gasteiger charge is 2.23. The van der Waals surface area contributed by atoms with Crippen LogP contribution in [0, 0.1) is 0 Å². The van der Waals surface area contributed by atoms with Gasteiger partial charge in [-0.25, -0.2) is 0 Å². The van der Waals surface area contributed by atoms with E-state index >= 15 is 0 Å². The van der Waals surface area contributed by atoms with Crippen molar-refractivity contribution in [1.29, 1.82) is 0 Å². The van der Waals surface area contributed by atoms with Crippen molar-refractivity contribution in [3.8, 4) is 5.75 Å². The lowest BCUT2D eigenvalue weighted by Crippen LogP contribution is -2.13. The van der Waals surface area contributed by atoms with E-state index in [1.54, 1.807) is 6.21 Å². The van der Waals surface area contributed by atoms with E-state index in [9.17, 15) is 0 Å². The number of benzene rings is 1. The molecule has 0 unspecified atom stereocenters. The van der Waals surface area contributed by atoms with Crippen LogP contribution in [0.2, 0.25) is 0 Å². The van der Waals surface area contributed by atoms with Gasteiger partial charge in [-0.15, -0.1) is 0 Å². The van der Waals surface area contributed by atoms with E-state index < -0.39 is 0 Å². The number of hydrogen-bond donors (Lipinski definition) is 1. The Hall–Kier alpha value is -2.03.